The lowest BCUT2D eigenvalue weighted by Crippen LogP contribution is -2.26. The van der Waals surface area contributed by atoms with Crippen LogP contribution < -0.4 is 15.2 Å². The van der Waals surface area contributed by atoms with Crippen molar-refractivity contribution in [3.63, 3.8) is 0 Å². The van der Waals surface area contributed by atoms with Gasteiger partial charge in [-0.25, -0.2) is 0 Å². The highest BCUT2D eigenvalue weighted by Gasteiger charge is 2.31. The molecule has 0 aromatic heterocycles. The van der Waals surface area contributed by atoms with Gasteiger partial charge in [0.2, 0.25) is 0 Å². The molecular weight excluding hydrogens is 230 g/mol. The summed E-state index contributed by atoms with van der Waals surface area (Å²) in [5.74, 6) is 1.89. The van der Waals surface area contributed by atoms with Gasteiger partial charge in [0.25, 0.3) is 0 Å². The van der Waals surface area contributed by atoms with Gasteiger partial charge in [0, 0.05) is 24.6 Å². The molecule has 0 radical (unpaired) electrons. The van der Waals surface area contributed by atoms with Crippen LogP contribution in [0.2, 0.25) is 0 Å². The number of hydrogen-bond donors (Lipinski definition) is 1. The lowest BCUT2D eigenvalue weighted by molar-refractivity contribution is 0.0994. The minimum Gasteiger partial charge on any atom is -0.497 e. The molecule has 100 valence electrons. The molecular formula is C14H21NO3. The Morgan fingerprint density at radius 3 is 2.28 bits per heavy atom. The summed E-state index contributed by atoms with van der Waals surface area (Å²) in [6.45, 7) is 2.87. The Morgan fingerprint density at radius 1 is 1.22 bits per heavy atom. The Morgan fingerprint density at radius 2 is 1.83 bits per heavy atom. The average Bonchev–Trinajstić information content (AvgIpc) is 2.83. The third-order valence-electron chi connectivity index (χ3n) is 3.65. The standard InChI is InChI=1S/C14H21NO3/c1-9-13(4-5-18-9)14(15)10-6-11(16-2)8-12(7-10)17-3/h6-9,13-14H,4-5,15H2,1-3H3. The van der Waals surface area contributed by atoms with Gasteiger partial charge in [-0.15, -0.1) is 0 Å². The van der Waals surface area contributed by atoms with Crippen molar-refractivity contribution < 1.29 is 14.2 Å². The van der Waals surface area contributed by atoms with Crippen molar-refractivity contribution in [2.45, 2.75) is 25.5 Å². The van der Waals surface area contributed by atoms with Gasteiger partial charge < -0.3 is 19.9 Å². The summed E-state index contributed by atoms with van der Waals surface area (Å²) < 4.78 is 16.1. The maximum Gasteiger partial charge on any atom is 0.122 e. The molecule has 3 unspecified atom stereocenters. The first-order chi connectivity index (χ1) is 8.65. The van der Waals surface area contributed by atoms with Crippen LogP contribution in [0.4, 0.5) is 0 Å². The summed E-state index contributed by atoms with van der Waals surface area (Å²) in [4.78, 5) is 0. The second kappa shape index (κ2) is 5.59. The smallest absolute Gasteiger partial charge is 0.122 e. The van der Waals surface area contributed by atoms with Gasteiger partial charge in [-0.2, -0.15) is 0 Å². The topological polar surface area (TPSA) is 53.7 Å². The highest BCUT2D eigenvalue weighted by atomic mass is 16.5. The highest BCUT2D eigenvalue weighted by Crippen LogP contribution is 2.34. The lowest BCUT2D eigenvalue weighted by atomic mass is 9.89. The monoisotopic (exact) mass is 251 g/mol. The molecule has 1 heterocycles. The van der Waals surface area contributed by atoms with E-state index in [1.807, 2.05) is 18.2 Å². The van der Waals surface area contributed by atoms with E-state index in [4.69, 9.17) is 19.9 Å². The van der Waals surface area contributed by atoms with Crippen molar-refractivity contribution in [3.05, 3.63) is 23.8 Å². The van der Waals surface area contributed by atoms with E-state index >= 15 is 0 Å². The summed E-state index contributed by atoms with van der Waals surface area (Å²) in [5.41, 5.74) is 7.38. The van der Waals surface area contributed by atoms with Crippen molar-refractivity contribution >= 4 is 0 Å². The van der Waals surface area contributed by atoms with Crippen LogP contribution in [0.3, 0.4) is 0 Å². The zero-order valence-corrected chi connectivity index (χ0v) is 11.2. The summed E-state index contributed by atoms with van der Waals surface area (Å²) in [6, 6.07) is 5.74. The fourth-order valence-electron chi connectivity index (χ4n) is 2.49. The molecule has 18 heavy (non-hydrogen) atoms. The Kier molecular flexibility index (Phi) is 4.09. The van der Waals surface area contributed by atoms with E-state index in [0.29, 0.717) is 5.92 Å². The third-order valence-corrected chi connectivity index (χ3v) is 3.65. The Bertz CT molecular complexity index is 386. The van der Waals surface area contributed by atoms with Crippen LogP contribution in [0, 0.1) is 5.92 Å². The molecule has 1 fully saturated rings. The SMILES string of the molecule is COc1cc(OC)cc(C(N)C2CCOC2C)c1. The molecule has 0 bridgehead atoms. The van der Waals surface area contributed by atoms with Crippen LogP contribution in [-0.4, -0.2) is 26.9 Å². The number of nitrogens with two attached hydrogens (primary N) is 1. The first kappa shape index (κ1) is 13.2. The van der Waals surface area contributed by atoms with Gasteiger partial charge in [0.05, 0.1) is 20.3 Å². The van der Waals surface area contributed by atoms with Gasteiger partial charge in [-0.3, -0.25) is 0 Å². The van der Waals surface area contributed by atoms with Crippen molar-refractivity contribution in [1.82, 2.24) is 0 Å². The maximum absolute atomic E-state index is 6.35. The molecule has 3 atom stereocenters. The number of benzene rings is 1. The summed E-state index contributed by atoms with van der Waals surface area (Å²) in [6.07, 6.45) is 1.21. The molecule has 1 aliphatic heterocycles. The molecule has 4 heteroatoms. The van der Waals surface area contributed by atoms with Crippen LogP contribution in [0.1, 0.15) is 24.9 Å². The van der Waals surface area contributed by atoms with E-state index < -0.39 is 0 Å². The molecule has 4 nitrogen and oxygen atoms in total. The molecule has 0 aliphatic carbocycles. The van der Waals surface area contributed by atoms with Crippen LogP contribution in [-0.2, 0) is 4.74 Å². The Hall–Kier alpha value is -1.26. The maximum atomic E-state index is 6.35. The molecule has 1 aromatic carbocycles. The van der Waals surface area contributed by atoms with Crippen molar-refractivity contribution in [3.8, 4) is 11.5 Å². The number of ether oxygens (including phenoxy) is 3. The minimum absolute atomic E-state index is 0.0495. The molecule has 2 rings (SSSR count). The second-order valence-corrected chi connectivity index (χ2v) is 4.70. The van der Waals surface area contributed by atoms with E-state index in [2.05, 4.69) is 6.92 Å². The van der Waals surface area contributed by atoms with E-state index in [1.165, 1.54) is 0 Å². The average molecular weight is 251 g/mol. The zero-order chi connectivity index (χ0) is 13.1. The first-order valence-electron chi connectivity index (χ1n) is 6.26. The summed E-state index contributed by atoms with van der Waals surface area (Å²) in [5, 5.41) is 0. The summed E-state index contributed by atoms with van der Waals surface area (Å²) in [7, 11) is 3.29. The normalized spacial score (nSPS) is 24.9. The van der Waals surface area contributed by atoms with Crippen molar-refractivity contribution in [1.29, 1.82) is 0 Å². The molecule has 1 aliphatic rings. The predicted octanol–water partition coefficient (Wildman–Crippen LogP) is 2.13. The first-order valence-corrected chi connectivity index (χ1v) is 6.26. The fraction of sp³-hybridized carbons (Fsp3) is 0.571. The molecule has 0 spiro atoms. The van der Waals surface area contributed by atoms with Crippen molar-refractivity contribution in [2.75, 3.05) is 20.8 Å². The van der Waals surface area contributed by atoms with Gasteiger partial charge in [0.1, 0.15) is 11.5 Å². The number of hydrogen-bond acceptors (Lipinski definition) is 4. The zero-order valence-electron chi connectivity index (χ0n) is 11.2. The van der Waals surface area contributed by atoms with Crippen LogP contribution >= 0.6 is 0 Å². The second-order valence-electron chi connectivity index (χ2n) is 4.70. The third kappa shape index (κ3) is 2.60. The molecule has 0 saturated carbocycles. The largest absolute Gasteiger partial charge is 0.497 e. The lowest BCUT2D eigenvalue weighted by Gasteiger charge is -2.23. The van der Waals surface area contributed by atoms with Gasteiger partial charge in [-0.05, 0) is 31.0 Å². The van der Waals surface area contributed by atoms with Crippen LogP contribution in [0.5, 0.6) is 11.5 Å². The Balaban J connectivity index is 2.25. The minimum atomic E-state index is -0.0495. The molecule has 0 amide bonds. The summed E-state index contributed by atoms with van der Waals surface area (Å²) >= 11 is 0. The van der Waals surface area contributed by atoms with Crippen LogP contribution in [0.25, 0.3) is 0 Å². The van der Waals surface area contributed by atoms with E-state index in [1.54, 1.807) is 14.2 Å². The van der Waals surface area contributed by atoms with Gasteiger partial charge in [-0.1, -0.05) is 0 Å². The predicted molar refractivity (Wildman–Crippen MR) is 70.0 cm³/mol. The molecule has 1 aromatic rings. The number of methoxy groups -OCH3 is 2. The van der Waals surface area contributed by atoms with Crippen molar-refractivity contribution in [2.24, 2.45) is 11.7 Å². The van der Waals surface area contributed by atoms with E-state index in [9.17, 15) is 0 Å². The van der Waals surface area contributed by atoms with E-state index in [-0.39, 0.29) is 12.1 Å². The quantitative estimate of drug-likeness (QED) is 0.890. The Labute approximate surface area is 108 Å². The number of rotatable bonds is 4. The molecule has 1 saturated heterocycles. The van der Waals surface area contributed by atoms with E-state index in [0.717, 1.165) is 30.1 Å². The molecule has 2 N–H and O–H groups in total. The van der Waals surface area contributed by atoms with Crippen LogP contribution in [0.15, 0.2) is 18.2 Å². The van der Waals surface area contributed by atoms with Gasteiger partial charge in [0.15, 0.2) is 0 Å². The highest BCUT2D eigenvalue weighted by molar-refractivity contribution is 5.40. The fourth-order valence-corrected chi connectivity index (χ4v) is 2.49. The van der Waals surface area contributed by atoms with Gasteiger partial charge >= 0.3 is 0 Å².